The summed E-state index contributed by atoms with van der Waals surface area (Å²) in [7, 11) is 1.16. The lowest BCUT2D eigenvalue weighted by Gasteiger charge is -2.10. The molecule has 0 aliphatic carbocycles. The summed E-state index contributed by atoms with van der Waals surface area (Å²) in [6, 6.07) is 2.98. The van der Waals surface area contributed by atoms with Gasteiger partial charge in [-0.2, -0.15) is 0 Å². The lowest BCUT2D eigenvalue weighted by Crippen LogP contribution is -2.17. The van der Waals surface area contributed by atoms with Gasteiger partial charge >= 0.3 is 12.3 Å². The molecule has 1 N–H and O–H groups in total. The highest BCUT2D eigenvalue weighted by Gasteiger charge is 2.32. The zero-order valence-corrected chi connectivity index (χ0v) is 9.75. The number of phenols is 1. The van der Waals surface area contributed by atoms with E-state index < -0.39 is 18.1 Å². The third-order valence-corrected chi connectivity index (χ3v) is 1.87. The maximum absolute atomic E-state index is 12.1. The standard InChI is InChI=1S/C12H9F3O4/c1-18-11(17)4-2-3-8-7-9(16)5-6-10(8)19-12(13,14)15/h5-7,16H,4H2,1H3. The van der Waals surface area contributed by atoms with Crippen LogP contribution in [0, 0.1) is 11.8 Å². The van der Waals surface area contributed by atoms with Gasteiger partial charge in [0.15, 0.2) is 0 Å². The number of carbonyl (C=O) groups excluding carboxylic acids is 1. The van der Waals surface area contributed by atoms with Gasteiger partial charge in [0, 0.05) is 0 Å². The molecule has 0 atom stereocenters. The number of phenolic OH excluding ortho intramolecular Hbond substituents is 1. The summed E-state index contributed by atoms with van der Waals surface area (Å²) in [6.45, 7) is 0. The maximum atomic E-state index is 12.1. The third-order valence-electron chi connectivity index (χ3n) is 1.87. The highest BCUT2D eigenvalue weighted by molar-refractivity contribution is 5.72. The molecule has 0 heterocycles. The summed E-state index contributed by atoms with van der Waals surface area (Å²) in [6.07, 6.45) is -5.15. The summed E-state index contributed by atoms with van der Waals surface area (Å²) in [4.78, 5) is 10.8. The average Bonchev–Trinajstić information content (AvgIpc) is 2.30. The van der Waals surface area contributed by atoms with E-state index in [4.69, 9.17) is 0 Å². The van der Waals surface area contributed by atoms with Crippen LogP contribution in [0.3, 0.4) is 0 Å². The topological polar surface area (TPSA) is 55.8 Å². The van der Waals surface area contributed by atoms with Gasteiger partial charge in [-0.3, -0.25) is 4.79 Å². The van der Waals surface area contributed by atoms with Crippen LogP contribution in [-0.4, -0.2) is 24.5 Å². The quantitative estimate of drug-likeness (QED) is 0.663. The monoisotopic (exact) mass is 274 g/mol. The summed E-state index contributed by atoms with van der Waals surface area (Å²) in [5.41, 5.74) is -0.179. The van der Waals surface area contributed by atoms with E-state index in [1.807, 2.05) is 0 Å². The molecule has 0 amide bonds. The van der Waals surface area contributed by atoms with Crippen LogP contribution in [0.2, 0.25) is 0 Å². The van der Waals surface area contributed by atoms with Gasteiger partial charge in [-0.15, -0.1) is 13.2 Å². The number of benzene rings is 1. The fourth-order valence-corrected chi connectivity index (χ4v) is 1.11. The van der Waals surface area contributed by atoms with E-state index in [1.54, 1.807) is 0 Å². The Morgan fingerprint density at radius 1 is 1.42 bits per heavy atom. The highest BCUT2D eigenvalue weighted by atomic mass is 19.4. The zero-order valence-electron chi connectivity index (χ0n) is 9.75. The van der Waals surface area contributed by atoms with Gasteiger partial charge in [0.05, 0.1) is 12.7 Å². The molecule has 1 aromatic carbocycles. The molecule has 19 heavy (non-hydrogen) atoms. The molecular weight excluding hydrogens is 265 g/mol. The van der Waals surface area contributed by atoms with Crippen molar-refractivity contribution >= 4 is 5.97 Å². The first-order chi connectivity index (χ1) is 8.81. The molecule has 7 heteroatoms. The van der Waals surface area contributed by atoms with Gasteiger partial charge in [0.1, 0.15) is 17.9 Å². The number of hydrogen-bond donors (Lipinski definition) is 1. The van der Waals surface area contributed by atoms with Crippen molar-refractivity contribution in [3.05, 3.63) is 23.8 Å². The fourth-order valence-electron chi connectivity index (χ4n) is 1.11. The van der Waals surface area contributed by atoms with Gasteiger partial charge < -0.3 is 14.6 Å². The van der Waals surface area contributed by atoms with Gasteiger partial charge in [-0.1, -0.05) is 11.8 Å². The van der Waals surface area contributed by atoms with Crippen LogP contribution in [0.5, 0.6) is 11.5 Å². The lowest BCUT2D eigenvalue weighted by atomic mass is 10.2. The number of hydrogen-bond acceptors (Lipinski definition) is 4. The molecule has 1 rings (SSSR count). The molecule has 0 spiro atoms. The van der Waals surface area contributed by atoms with E-state index >= 15 is 0 Å². The van der Waals surface area contributed by atoms with Crippen molar-refractivity contribution in [3.8, 4) is 23.3 Å². The highest BCUT2D eigenvalue weighted by Crippen LogP contribution is 2.28. The number of halogens is 3. The van der Waals surface area contributed by atoms with E-state index in [1.165, 1.54) is 0 Å². The largest absolute Gasteiger partial charge is 0.573 e. The predicted octanol–water partition coefficient (Wildman–Crippen LogP) is 2.21. The molecule has 0 bridgehead atoms. The fraction of sp³-hybridized carbons (Fsp3) is 0.250. The van der Waals surface area contributed by atoms with Crippen LogP contribution in [0.15, 0.2) is 18.2 Å². The second-order valence-corrected chi connectivity index (χ2v) is 3.28. The van der Waals surface area contributed by atoms with Crippen molar-refractivity contribution in [2.24, 2.45) is 0 Å². The first-order valence-corrected chi connectivity index (χ1v) is 4.96. The minimum absolute atomic E-state index is 0.179. The molecule has 0 radical (unpaired) electrons. The van der Waals surface area contributed by atoms with Crippen LogP contribution in [0.1, 0.15) is 12.0 Å². The molecule has 0 saturated carbocycles. The van der Waals surface area contributed by atoms with E-state index in [0.29, 0.717) is 0 Å². The van der Waals surface area contributed by atoms with Gasteiger partial charge in [0.25, 0.3) is 0 Å². The molecule has 0 aliphatic heterocycles. The lowest BCUT2D eigenvalue weighted by molar-refractivity contribution is -0.274. The number of alkyl halides is 3. The molecule has 102 valence electrons. The summed E-state index contributed by atoms with van der Waals surface area (Å²) < 4.78 is 44.4. The Kier molecular flexibility index (Phi) is 4.64. The Morgan fingerprint density at radius 2 is 2.11 bits per heavy atom. The molecule has 0 saturated heterocycles. The summed E-state index contributed by atoms with van der Waals surface area (Å²) >= 11 is 0. The third kappa shape index (κ3) is 5.21. The van der Waals surface area contributed by atoms with E-state index in [-0.39, 0.29) is 17.7 Å². The first kappa shape index (κ1) is 14.7. The van der Waals surface area contributed by atoms with Crippen molar-refractivity contribution in [2.45, 2.75) is 12.8 Å². The van der Waals surface area contributed by atoms with Crippen molar-refractivity contribution in [2.75, 3.05) is 7.11 Å². The number of methoxy groups -OCH3 is 1. The summed E-state index contributed by atoms with van der Waals surface area (Å²) in [5, 5.41) is 9.19. The van der Waals surface area contributed by atoms with Crippen molar-refractivity contribution in [3.63, 3.8) is 0 Å². The molecule has 0 fully saturated rings. The Balaban J connectivity index is 2.97. The number of ether oxygens (including phenoxy) is 2. The van der Waals surface area contributed by atoms with Crippen LogP contribution >= 0.6 is 0 Å². The number of esters is 1. The van der Waals surface area contributed by atoms with Gasteiger partial charge in [0.2, 0.25) is 0 Å². The van der Waals surface area contributed by atoms with Gasteiger partial charge in [-0.25, -0.2) is 0 Å². The number of aromatic hydroxyl groups is 1. The molecule has 0 aromatic heterocycles. The van der Waals surface area contributed by atoms with Crippen LogP contribution < -0.4 is 4.74 Å². The minimum Gasteiger partial charge on any atom is -0.508 e. The first-order valence-electron chi connectivity index (χ1n) is 4.96. The molecule has 4 nitrogen and oxygen atoms in total. The average molecular weight is 274 g/mol. The van der Waals surface area contributed by atoms with Crippen LogP contribution in [-0.2, 0) is 9.53 Å². The Hall–Kier alpha value is -2.36. The number of carbonyl (C=O) groups is 1. The van der Waals surface area contributed by atoms with E-state index in [0.717, 1.165) is 25.3 Å². The van der Waals surface area contributed by atoms with Crippen LogP contribution in [0.4, 0.5) is 13.2 Å². The van der Waals surface area contributed by atoms with Crippen molar-refractivity contribution < 1.29 is 32.5 Å². The van der Waals surface area contributed by atoms with Crippen molar-refractivity contribution in [1.29, 1.82) is 0 Å². The SMILES string of the molecule is COC(=O)CC#Cc1cc(O)ccc1OC(F)(F)F. The number of rotatable bonds is 2. The molecule has 0 aliphatic rings. The normalized spacial score (nSPS) is 10.3. The smallest absolute Gasteiger partial charge is 0.508 e. The minimum atomic E-state index is -4.87. The van der Waals surface area contributed by atoms with Crippen LogP contribution in [0.25, 0.3) is 0 Å². The van der Waals surface area contributed by atoms with Crippen molar-refractivity contribution in [1.82, 2.24) is 0 Å². The van der Waals surface area contributed by atoms with E-state index in [9.17, 15) is 23.1 Å². The van der Waals surface area contributed by atoms with E-state index in [2.05, 4.69) is 21.3 Å². The second kappa shape index (κ2) is 6.00. The Labute approximate surface area is 106 Å². The predicted molar refractivity (Wildman–Crippen MR) is 58.3 cm³/mol. The second-order valence-electron chi connectivity index (χ2n) is 3.28. The maximum Gasteiger partial charge on any atom is 0.573 e. The summed E-state index contributed by atoms with van der Waals surface area (Å²) in [5.74, 6) is 3.19. The molecular formula is C12H9F3O4. The molecule has 0 unspecified atom stereocenters. The molecule has 1 aromatic rings. The Bertz CT molecular complexity index is 526. The zero-order chi connectivity index (χ0) is 14.5. The Morgan fingerprint density at radius 3 is 2.68 bits per heavy atom. The van der Waals surface area contributed by atoms with Gasteiger partial charge in [-0.05, 0) is 18.2 Å².